The number of aromatic carboxylic acids is 3. The Morgan fingerprint density at radius 3 is 1.13 bits per heavy atom. The van der Waals surface area contributed by atoms with Gasteiger partial charge in [-0.15, -0.1) is 0 Å². The van der Waals surface area contributed by atoms with E-state index in [0.717, 1.165) is 0 Å². The Morgan fingerprint density at radius 2 is 0.900 bits per heavy atom. The summed E-state index contributed by atoms with van der Waals surface area (Å²) < 4.78 is 16.4. The van der Waals surface area contributed by atoms with E-state index >= 15 is 0 Å². The SMILES string of the molecule is CC1(Cc2c(CC3(C)CO3)c(C(=O)O)c(C(=O)O)c(C(=O)O)c2CC2(C)CO2)CO1. The van der Waals surface area contributed by atoms with Gasteiger partial charge in [0.2, 0.25) is 0 Å². The predicted octanol–water partition coefficient (Wildman–Crippen LogP) is 1.78. The van der Waals surface area contributed by atoms with Gasteiger partial charge in [-0.1, -0.05) is 0 Å². The minimum Gasteiger partial charge on any atom is -0.478 e. The van der Waals surface area contributed by atoms with E-state index in [0.29, 0.717) is 36.5 Å². The lowest BCUT2D eigenvalue weighted by molar-refractivity contribution is 0.0631. The smallest absolute Gasteiger partial charge is 0.337 e. The van der Waals surface area contributed by atoms with E-state index < -0.39 is 51.4 Å². The molecule has 3 fully saturated rings. The van der Waals surface area contributed by atoms with Gasteiger partial charge < -0.3 is 29.5 Å². The van der Waals surface area contributed by atoms with Crippen LogP contribution < -0.4 is 0 Å². The molecule has 0 saturated carbocycles. The molecule has 3 atom stereocenters. The third kappa shape index (κ3) is 3.80. The first-order valence-electron chi connectivity index (χ1n) is 9.69. The number of epoxide rings is 3. The van der Waals surface area contributed by atoms with Gasteiger partial charge in [0, 0.05) is 19.3 Å². The van der Waals surface area contributed by atoms with Gasteiger partial charge in [0.15, 0.2) is 0 Å². The van der Waals surface area contributed by atoms with E-state index in [-0.39, 0.29) is 19.3 Å². The summed E-state index contributed by atoms with van der Waals surface area (Å²) in [7, 11) is 0. The lowest BCUT2D eigenvalue weighted by atomic mass is 9.78. The monoisotopic (exact) mass is 420 g/mol. The van der Waals surface area contributed by atoms with E-state index in [4.69, 9.17) is 14.2 Å². The lowest BCUT2D eigenvalue weighted by Crippen LogP contribution is -2.28. The standard InChI is InChI=1S/C21H24O9/c1-19(7-28-19)4-10-11(5-20(2)8-29-20)13(16(22)23)15(18(26)27)14(17(24)25)12(10)6-21(3)9-30-21/h4-9H2,1-3H3,(H,22,23)(H,24,25)(H,26,27). The van der Waals surface area contributed by atoms with E-state index in [9.17, 15) is 29.7 Å². The van der Waals surface area contributed by atoms with Crippen molar-refractivity contribution in [2.75, 3.05) is 19.8 Å². The molecule has 0 bridgehead atoms. The fourth-order valence-corrected chi connectivity index (χ4v) is 4.00. The van der Waals surface area contributed by atoms with Crippen LogP contribution in [0.25, 0.3) is 0 Å². The minimum atomic E-state index is -1.59. The molecule has 9 nitrogen and oxygen atoms in total. The molecule has 3 saturated heterocycles. The van der Waals surface area contributed by atoms with Crippen LogP contribution in [0.5, 0.6) is 0 Å². The number of carboxylic acids is 3. The highest BCUT2D eigenvalue weighted by atomic mass is 16.6. The van der Waals surface area contributed by atoms with Crippen molar-refractivity contribution >= 4 is 17.9 Å². The highest BCUT2D eigenvalue weighted by Gasteiger charge is 2.48. The molecule has 3 aliphatic heterocycles. The number of carboxylic acid groups (broad SMARTS) is 3. The van der Waals surface area contributed by atoms with Gasteiger partial charge in [-0.25, -0.2) is 14.4 Å². The molecule has 30 heavy (non-hydrogen) atoms. The van der Waals surface area contributed by atoms with Crippen molar-refractivity contribution in [2.45, 2.75) is 56.8 Å². The molecule has 3 heterocycles. The number of ether oxygens (including phenoxy) is 3. The summed E-state index contributed by atoms with van der Waals surface area (Å²) in [6, 6.07) is 0. The molecule has 0 amide bonds. The zero-order chi connectivity index (χ0) is 22.1. The van der Waals surface area contributed by atoms with Crippen LogP contribution in [0.2, 0.25) is 0 Å². The van der Waals surface area contributed by atoms with Crippen LogP contribution in [0.4, 0.5) is 0 Å². The molecular formula is C21H24O9. The quantitative estimate of drug-likeness (QED) is 0.508. The summed E-state index contributed by atoms with van der Waals surface area (Å²) in [6.07, 6.45) is 0.625. The average molecular weight is 420 g/mol. The Kier molecular flexibility index (Phi) is 4.50. The molecule has 1 aromatic carbocycles. The molecule has 0 aliphatic carbocycles. The third-order valence-corrected chi connectivity index (χ3v) is 6.04. The maximum Gasteiger partial charge on any atom is 0.337 e. The Labute approximate surface area is 172 Å². The second-order valence-electron chi connectivity index (χ2n) is 9.22. The van der Waals surface area contributed by atoms with Gasteiger partial charge in [0.1, 0.15) is 0 Å². The molecule has 0 radical (unpaired) electrons. The fourth-order valence-electron chi connectivity index (χ4n) is 4.00. The van der Waals surface area contributed by atoms with Crippen molar-refractivity contribution in [3.8, 4) is 0 Å². The fraction of sp³-hybridized carbons (Fsp3) is 0.571. The molecule has 0 aromatic heterocycles. The molecule has 3 aliphatic rings. The van der Waals surface area contributed by atoms with Crippen LogP contribution in [0.3, 0.4) is 0 Å². The molecule has 3 N–H and O–H groups in total. The molecule has 3 unspecified atom stereocenters. The second kappa shape index (κ2) is 6.50. The Morgan fingerprint density at radius 1 is 0.633 bits per heavy atom. The van der Waals surface area contributed by atoms with E-state index in [2.05, 4.69) is 0 Å². The summed E-state index contributed by atoms with van der Waals surface area (Å²) in [6.45, 7) is 6.77. The first-order valence-corrected chi connectivity index (χ1v) is 9.69. The summed E-state index contributed by atoms with van der Waals surface area (Å²) >= 11 is 0. The van der Waals surface area contributed by atoms with Crippen LogP contribution in [0, 0.1) is 0 Å². The first-order chi connectivity index (χ1) is 13.9. The molecule has 9 heteroatoms. The van der Waals surface area contributed by atoms with Gasteiger partial charge in [0.25, 0.3) is 0 Å². The first kappa shape index (κ1) is 20.8. The van der Waals surface area contributed by atoms with Crippen molar-refractivity contribution < 1.29 is 43.9 Å². The predicted molar refractivity (Wildman–Crippen MR) is 102 cm³/mol. The lowest BCUT2D eigenvalue weighted by Gasteiger charge is -2.25. The molecule has 4 rings (SSSR count). The summed E-state index contributed by atoms with van der Waals surface area (Å²) in [5, 5.41) is 29.7. The van der Waals surface area contributed by atoms with Crippen molar-refractivity contribution in [2.24, 2.45) is 0 Å². The van der Waals surface area contributed by atoms with Crippen LogP contribution in [0.1, 0.15) is 68.5 Å². The minimum absolute atomic E-state index is 0.171. The summed E-state index contributed by atoms with van der Waals surface area (Å²) in [5.41, 5.74) is -2.30. The van der Waals surface area contributed by atoms with Gasteiger partial charge >= 0.3 is 17.9 Å². The van der Waals surface area contributed by atoms with Crippen LogP contribution in [-0.2, 0) is 33.5 Å². The van der Waals surface area contributed by atoms with Crippen LogP contribution in [-0.4, -0.2) is 69.9 Å². The maximum atomic E-state index is 12.2. The van der Waals surface area contributed by atoms with Gasteiger partial charge in [-0.2, -0.15) is 0 Å². The van der Waals surface area contributed by atoms with Gasteiger partial charge in [-0.05, 0) is 37.5 Å². The van der Waals surface area contributed by atoms with Gasteiger partial charge in [-0.3, -0.25) is 0 Å². The highest BCUT2D eigenvalue weighted by molar-refractivity contribution is 6.11. The van der Waals surface area contributed by atoms with E-state index in [1.54, 1.807) is 0 Å². The van der Waals surface area contributed by atoms with E-state index in [1.807, 2.05) is 20.8 Å². The number of carbonyl (C=O) groups is 3. The topological polar surface area (TPSA) is 149 Å². The van der Waals surface area contributed by atoms with Gasteiger partial charge in [0.05, 0.1) is 53.3 Å². The third-order valence-electron chi connectivity index (χ3n) is 6.04. The molecule has 162 valence electrons. The van der Waals surface area contributed by atoms with Crippen molar-refractivity contribution in [3.05, 3.63) is 33.4 Å². The van der Waals surface area contributed by atoms with Crippen LogP contribution >= 0.6 is 0 Å². The Bertz CT molecular complexity index is 906. The number of rotatable bonds is 9. The zero-order valence-electron chi connectivity index (χ0n) is 17.0. The number of benzene rings is 1. The zero-order valence-corrected chi connectivity index (χ0v) is 17.0. The average Bonchev–Trinajstić information content (AvgIpc) is 3.56. The van der Waals surface area contributed by atoms with Crippen molar-refractivity contribution in [1.82, 2.24) is 0 Å². The molecular weight excluding hydrogens is 396 g/mol. The van der Waals surface area contributed by atoms with E-state index in [1.165, 1.54) is 0 Å². The second-order valence-corrected chi connectivity index (χ2v) is 9.22. The van der Waals surface area contributed by atoms with Crippen LogP contribution in [0.15, 0.2) is 0 Å². The highest BCUT2D eigenvalue weighted by Crippen LogP contribution is 2.43. The summed E-state index contributed by atoms with van der Waals surface area (Å²) in [4.78, 5) is 36.5. The summed E-state index contributed by atoms with van der Waals surface area (Å²) in [5.74, 6) is -4.54. The number of hydrogen-bond donors (Lipinski definition) is 3. The molecule has 0 spiro atoms. The normalized spacial score (nSPS) is 31.3. The maximum absolute atomic E-state index is 12.2. The molecule has 1 aromatic rings. The number of hydrogen-bond acceptors (Lipinski definition) is 6. The van der Waals surface area contributed by atoms with Crippen molar-refractivity contribution in [1.29, 1.82) is 0 Å². The Balaban J connectivity index is 2.05. The Hall–Kier alpha value is -2.49. The van der Waals surface area contributed by atoms with Crippen molar-refractivity contribution in [3.63, 3.8) is 0 Å². The largest absolute Gasteiger partial charge is 0.478 e.